The highest BCUT2D eigenvalue weighted by Gasteiger charge is 2.28. The lowest BCUT2D eigenvalue weighted by Gasteiger charge is -2.19. The standard InChI is InChI=1S/C15H19ClN4O4S2/c1-9(2)25(22)13-11(26(5,23)24)7-6-10(12(13)16)14(21)19(3)15-17-8-18-20(15)4/h6-9H,1-5H3. The fraction of sp³-hybridized carbons (Fsp3) is 0.400. The van der Waals surface area contributed by atoms with Crippen molar-refractivity contribution in [1.29, 1.82) is 0 Å². The first-order valence-corrected chi connectivity index (χ1v) is 11.0. The molecule has 0 saturated carbocycles. The maximum atomic E-state index is 12.8. The maximum Gasteiger partial charge on any atom is 0.261 e. The second-order valence-corrected chi connectivity index (χ2v) is 10.2. The number of carbonyl (C=O) groups excluding carboxylic acids is 1. The fourth-order valence-electron chi connectivity index (χ4n) is 2.28. The number of nitrogens with zero attached hydrogens (tertiary/aromatic N) is 4. The summed E-state index contributed by atoms with van der Waals surface area (Å²) in [6, 6.07) is 2.57. The zero-order valence-electron chi connectivity index (χ0n) is 14.9. The minimum absolute atomic E-state index is 0.0357. The van der Waals surface area contributed by atoms with Crippen LogP contribution in [0.15, 0.2) is 28.3 Å². The molecule has 11 heteroatoms. The van der Waals surface area contributed by atoms with Gasteiger partial charge in [-0.15, -0.1) is 0 Å². The van der Waals surface area contributed by atoms with Gasteiger partial charge in [-0.25, -0.2) is 13.1 Å². The number of aryl methyl sites for hydroxylation is 1. The van der Waals surface area contributed by atoms with E-state index in [0.29, 0.717) is 0 Å². The molecule has 0 N–H and O–H groups in total. The molecule has 0 aliphatic carbocycles. The van der Waals surface area contributed by atoms with Gasteiger partial charge in [0.1, 0.15) is 6.33 Å². The van der Waals surface area contributed by atoms with E-state index in [-0.39, 0.29) is 31.6 Å². The smallest absolute Gasteiger partial charge is 0.261 e. The molecule has 8 nitrogen and oxygen atoms in total. The Kier molecular flexibility index (Phi) is 5.89. The van der Waals surface area contributed by atoms with Crippen molar-refractivity contribution < 1.29 is 17.4 Å². The average Bonchev–Trinajstić information content (AvgIpc) is 2.97. The van der Waals surface area contributed by atoms with Crippen molar-refractivity contribution in [2.75, 3.05) is 18.2 Å². The van der Waals surface area contributed by atoms with Gasteiger partial charge in [0.2, 0.25) is 5.95 Å². The van der Waals surface area contributed by atoms with Crippen LogP contribution >= 0.6 is 11.6 Å². The van der Waals surface area contributed by atoms with Crippen molar-refractivity contribution in [2.45, 2.75) is 28.9 Å². The Morgan fingerprint density at radius 1 is 1.35 bits per heavy atom. The lowest BCUT2D eigenvalue weighted by Crippen LogP contribution is -2.29. The second-order valence-electron chi connectivity index (χ2n) is 5.92. The van der Waals surface area contributed by atoms with Gasteiger partial charge in [-0.05, 0) is 12.1 Å². The van der Waals surface area contributed by atoms with Gasteiger partial charge < -0.3 is 0 Å². The summed E-state index contributed by atoms with van der Waals surface area (Å²) in [5, 5.41) is 3.38. The molecule has 0 aliphatic heterocycles. The molecule has 1 aromatic heterocycles. The highest BCUT2D eigenvalue weighted by atomic mass is 35.5. The molecule has 2 rings (SSSR count). The monoisotopic (exact) mass is 418 g/mol. The summed E-state index contributed by atoms with van der Waals surface area (Å²) in [4.78, 5) is 17.9. The van der Waals surface area contributed by atoms with Crippen LogP contribution in [0.25, 0.3) is 0 Å². The van der Waals surface area contributed by atoms with E-state index in [0.717, 1.165) is 6.26 Å². The first-order valence-electron chi connectivity index (χ1n) is 7.52. The topological polar surface area (TPSA) is 102 Å². The largest absolute Gasteiger partial charge is 0.280 e. The average molecular weight is 419 g/mol. The van der Waals surface area contributed by atoms with E-state index in [2.05, 4.69) is 10.1 Å². The predicted molar refractivity (Wildman–Crippen MR) is 99.8 cm³/mol. The predicted octanol–water partition coefficient (Wildman–Crippen LogP) is 1.66. The van der Waals surface area contributed by atoms with Crippen LogP contribution in [0, 0.1) is 0 Å². The first kappa shape index (κ1) is 20.5. The Hall–Kier alpha value is -1.78. The third-order valence-corrected chi connectivity index (χ3v) is 7.07. The molecular formula is C15H19ClN4O4S2. The van der Waals surface area contributed by atoms with Crippen molar-refractivity contribution in [3.05, 3.63) is 29.0 Å². The van der Waals surface area contributed by atoms with Gasteiger partial charge in [0.25, 0.3) is 5.91 Å². The molecule has 1 heterocycles. The van der Waals surface area contributed by atoms with E-state index in [1.807, 2.05) is 0 Å². The molecule has 0 radical (unpaired) electrons. The first-order chi connectivity index (χ1) is 12.0. The van der Waals surface area contributed by atoms with Crippen LogP contribution in [0.2, 0.25) is 5.02 Å². The molecule has 0 bridgehead atoms. The van der Waals surface area contributed by atoms with Gasteiger partial charge in [-0.2, -0.15) is 10.1 Å². The summed E-state index contributed by atoms with van der Waals surface area (Å²) in [5.74, 6) is -0.238. The van der Waals surface area contributed by atoms with Crippen molar-refractivity contribution in [3.8, 4) is 0 Å². The second kappa shape index (κ2) is 7.45. The number of benzene rings is 1. The summed E-state index contributed by atoms with van der Waals surface area (Å²) in [5.41, 5.74) is 0.0357. The lowest BCUT2D eigenvalue weighted by molar-refractivity contribution is 0.0990. The highest BCUT2D eigenvalue weighted by molar-refractivity contribution is 7.92. The number of sulfone groups is 1. The summed E-state index contributed by atoms with van der Waals surface area (Å²) >= 11 is 6.35. The van der Waals surface area contributed by atoms with E-state index in [1.54, 1.807) is 20.9 Å². The van der Waals surface area contributed by atoms with Gasteiger partial charge >= 0.3 is 0 Å². The number of amides is 1. The van der Waals surface area contributed by atoms with E-state index in [4.69, 9.17) is 11.6 Å². The molecule has 1 unspecified atom stereocenters. The molecule has 26 heavy (non-hydrogen) atoms. The van der Waals surface area contributed by atoms with Crippen molar-refractivity contribution in [2.24, 2.45) is 7.05 Å². The zero-order chi connectivity index (χ0) is 19.8. The third kappa shape index (κ3) is 3.81. The molecule has 1 amide bonds. The van der Waals surface area contributed by atoms with Crippen molar-refractivity contribution >= 4 is 44.1 Å². The normalized spacial score (nSPS) is 13.0. The Morgan fingerprint density at radius 2 is 1.96 bits per heavy atom. The molecule has 1 aromatic carbocycles. The van der Waals surface area contributed by atoms with E-state index < -0.39 is 26.5 Å². The zero-order valence-corrected chi connectivity index (χ0v) is 17.3. The van der Waals surface area contributed by atoms with Crippen LogP contribution in [0.4, 0.5) is 5.95 Å². The molecule has 0 spiro atoms. The molecule has 0 fully saturated rings. The Morgan fingerprint density at radius 3 is 2.42 bits per heavy atom. The maximum absolute atomic E-state index is 12.8. The van der Waals surface area contributed by atoms with Crippen LogP contribution in [0.5, 0.6) is 0 Å². The van der Waals surface area contributed by atoms with Gasteiger partial charge in [0, 0.05) is 25.6 Å². The summed E-state index contributed by atoms with van der Waals surface area (Å²) in [7, 11) is -2.26. The number of rotatable bonds is 5. The molecular weight excluding hydrogens is 400 g/mol. The van der Waals surface area contributed by atoms with Gasteiger partial charge in [0.05, 0.1) is 31.2 Å². The SMILES string of the molecule is CC(C)S(=O)c1c(S(C)(=O)=O)ccc(C(=O)N(C)c2ncnn2C)c1Cl. The molecule has 0 saturated heterocycles. The highest BCUT2D eigenvalue weighted by Crippen LogP contribution is 2.33. The number of hydrogen-bond donors (Lipinski definition) is 0. The number of carbonyl (C=O) groups is 1. The van der Waals surface area contributed by atoms with E-state index in [9.17, 15) is 17.4 Å². The van der Waals surface area contributed by atoms with Crippen LogP contribution < -0.4 is 4.90 Å². The minimum Gasteiger partial charge on any atom is -0.280 e. The quantitative estimate of drug-likeness (QED) is 0.731. The number of anilines is 1. The summed E-state index contributed by atoms with van der Waals surface area (Å²) in [6.07, 6.45) is 2.31. The van der Waals surface area contributed by atoms with Crippen LogP contribution in [0.1, 0.15) is 24.2 Å². The van der Waals surface area contributed by atoms with Crippen LogP contribution in [-0.2, 0) is 27.7 Å². The van der Waals surface area contributed by atoms with E-state index >= 15 is 0 Å². The van der Waals surface area contributed by atoms with Crippen LogP contribution in [-0.4, -0.2) is 51.9 Å². The Bertz CT molecular complexity index is 986. The molecule has 1 atom stereocenters. The molecule has 2 aromatic rings. The molecule has 0 aliphatic rings. The van der Waals surface area contributed by atoms with E-state index in [1.165, 1.54) is 35.1 Å². The fourth-order valence-corrected chi connectivity index (χ4v) is 5.29. The van der Waals surface area contributed by atoms with Crippen molar-refractivity contribution in [1.82, 2.24) is 14.8 Å². The summed E-state index contributed by atoms with van der Waals surface area (Å²) < 4.78 is 38.2. The summed E-state index contributed by atoms with van der Waals surface area (Å²) in [6.45, 7) is 3.36. The number of aromatic nitrogens is 3. The van der Waals surface area contributed by atoms with Gasteiger partial charge in [-0.3, -0.25) is 13.9 Å². The van der Waals surface area contributed by atoms with Crippen molar-refractivity contribution in [3.63, 3.8) is 0 Å². The third-order valence-electron chi connectivity index (χ3n) is 3.61. The minimum atomic E-state index is -3.68. The number of halogens is 1. The number of hydrogen-bond acceptors (Lipinski definition) is 6. The Balaban J connectivity index is 2.65. The van der Waals surface area contributed by atoms with Crippen LogP contribution in [0.3, 0.4) is 0 Å². The van der Waals surface area contributed by atoms with Gasteiger partial charge in [0.15, 0.2) is 9.84 Å². The molecule has 142 valence electrons. The van der Waals surface area contributed by atoms with Gasteiger partial charge in [-0.1, -0.05) is 25.4 Å². The lowest BCUT2D eigenvalue weighted by atomic mass is 10.2. The Labute approximate surface area is 159 Å².